The summed E-state index contributed by atoms with van der Waals surface area (Å²) in [4.78, 5) is 0. The lowest BCUT2D eigenvalue weighted by Crippen LogP contribution is -2.47. The molecule has 2 atom stereocenters. The smallest absolute Gasteiger partial charge is 0.0650 e. The van der Waals surface area contributed by atoms with Gasteiger partial charge in [0, 0.05) is 18.2 Å². The van der Waals surface area contributed by atoms with Crippen molar-refractivity contribution in [2.45, 2.75) is 12.5 Å². The van der Waals surface area contributed by atoms with Crippen LogP contribution in [0.1, 0.15) is 6.42 Å². The Balaban J connectivity index is 0.000000640. The van der Waals surface area contributed by atoms with Crippen LogP contribution in [-0.4, -0.2) is 19.3 Å². The fourth-order valence-corrected chi connectivity index (χ4v) is 2.40. The molecule has 3 aliphatic rings. The zero-order chi connectivity index (χ0) is 9.38. The minimum absolute atomic E-state index is 0. The monoisotopic (exact) mass is 261 g/mol. The average Bonchev–Trinajstić information content (AvgIpc) is 2.26. The first-order valence-corrected chi connectivity index (χ1v) is 5.22. The van der Waals surface area contributed by atoms with Crippen molar-refractivity contribution in [2.24, 2.45) is 5.92 Å². The Morgan fingerprint density at radius 3 is 3.00 bits per heavy atom. The van der Waals surface area contributed by atoms with Gasteiger partial charge in [-0.1, -0.05) is 6.08 Å². The van der Waals surface area contributed by atoms with Crippen molar-refractivity contribution in [2.75, 3.05) is 13.2 Å². The Labute approximate surface area is 108 Å². The minimum Gasteiger partial charge on any atom is -0.384 e. The highest BCUT2D eigenvalue weighted by Crippen LogP contribution is 2.28. The maximum Gasteiger partial charge on any atom is 0.0650 e. The van der Waals surface area contributed by atoms with Crippen molar-refractivity contribution < 1.29 is 0 Å². The maximum absolute atomic E-state index is 3.41. The van der Waals surface area contributed by atoms with E-state index in [0.29, 0.717) is 12.0 Å². The third-order valence-electron chi connectivity index (χ3n) is 3.18. The van der Waals surface area contributed by atoms with Gasteiger partial charge in [-0.25, -0.2) is 0 Å². The molecule has 0 bridgehead atoms. The van der Waals surface area contributed by atoms with Crippen LogP contribution in [0.25, 0.3) is 0 Å². The van der Waals surface area contributed by atoms with Gasteiger partial charge in [-0.2, -0.15) is 0 Å². The molecule has 0 spiro atoms. The summed E-state index contributed by atoms with van der Waals surface area (Å²) in [5.41, 5.74) is 2.82. The summed E-state index contributed by atoms with van der Waals surface area (Å²) < 4.78 is 0. The third-order valence-corrected chi connectivity index (χ3v) is 3.18. The van der Waals surface area contributed by atoms with Gasteiger partial charge >= 0.3 is 0 Å². The molecule has 0 amide bonds. The molecule has 2 aliphatic heterocycles. The van der Waals surface area contributed by atoms with Crippen molar-refractivity contribution in [3.05, 3.63) is 35.7 Å². The fourth-order valence-electron chi connectivity index (χ4n) is 2.40. The van der Waals surface area contributed by atoms with E-state index in [1.54, 1.807) is 0 Å². The Kier molecular flexibility index (Phi) is 4.71. The van der Waals surface area contributed by atoms with E-state index in [2.05, 4.69) is 34.2 Å². The van der Waals surface area contributed by atoms with Gasteiger partial charge < -0.3 is 10.6 Å². The number of hydrogen-bond acceptors (Lipinski definition) is 3. The molecule has 0 saturated carbocycles. The summed E-state index contributed by atoms with van der Waals surface area (Å²) in [6.07, 6.45) is 9.81. The number of rotatable bonds is 0. The highest BCUT2D eigenvalue weighted by atomic mass is 35.5. The molecule has 2 unspecified atom stereocenters. The summed E-state index contributed by atoms with van der Waals surface area (Å²) >= 11 is 0. The summed E-state index contributed by atoms with van der Waals surface area (Å²) in [5, 5.41) is 10.2. The lowest BCUT2D eigenvalue weighted by Gasteiger charge is -2.36. The SMILES string of the molecule is C1=CNC2CC3CNCNC3=CC2=C1.Cl.Cl. The Morgan fingerprint density at radius 2 is 2.12 bits per heavy atom. The standard InChI is InChI=1S/C11H15N3.2ClH/c1-2-8-4-11-9(6-12-7-14-11)5-10(8)13-3-1;;/h1-4,9-10,12-14H,5-7H2;2*1H. The van der Waals surface area contributed by atoms with Gasteiger partial charge in [0.05, 0.1) is 12.7 Å². The average molecular weight is 262 g/mol. The van der Waals surface area contributed by atoms with Crippen LogP contribution in [0.15, 0.2) is 35.7 Å². The van der Waals surface area contributed by atoms with E-state index in [1.165, 1.54) is 17.7 Å². The number of hydrogen-bond donors (Lipinski definition) is 3. The predicted molar refractivity (Wildman–Crippen MR) is 70.8 cm³/mol. The van der Waals surface area contributed by atoms with E-state index in [1.807, 2.05) is 6.20 Å². The van der Waals surface area contributed by atoms with Gasteiger partial charge in [0.25, 0.3) is 0 Å². The predicted octanol–water partition coefficient (Wildman–Crippen LogP) is 1.30. The maximum atomic E-state index is 3.41. The van der Waals surface area contributed by atoms with Crippen LogP contribution >= 0.6 is 24.8 Å². The molecule has 0 aromatic rings. The zero-order valence-corrected chi connectivity index (χ0v) is 10.5. The first-order chi connectivity index (χ1) is 6.93. The van der Waals surface area contributed by atoms with E-state index in [9.17, 15) is 0 Å². The first-order valence-electron chi connectivity index (χ1n) is 5.22. The van der Waals surface area contributed by atoms with Gasteiger partial charge in [-0.05, 0) is 30.3 Å². The molecule has 90 valence electrons. The number of halogens is 2. The van der Waals surface area contributed by atoms with Gasteiger partial charge in [-0.15, -0.1) is 24.8 Å². The molecular formula is C11H17Cl2N3. The topological polar surface area (TPSA) is 36.1 Å². The largest absolute Gasteiger partial charge is 0.384 e. The molecule has 3 N–H and O–H groups in total. The summed E-state index contributed by atoms with van der Waals surface area (Å²) in [6.45, 7) is 2.01. The van der Waals surface area contributed by atoms with E-state index in [-0.39, 0.29) is 24.8 Å². The van der Waals surface area contributed by atoms with E-state index in [0.717, 1.165) is 13.2 Å². The highest BCUT2D eigenvalue weighted by Gasteiger charge is 2.28. The second-order valence-electron chi connectivity index (χ2n) is 4.09. The van der Waals surface area contributed by atoms with Crippen molar-refractivity contribution in [3.63, 3.8) is 0 Å². The molecule has 5 heteroatoms. The zero-order valence-electron chi connectivity index (χ0n) is 8.90. The number of nitrogens with one attached hydrogen (secondary N) is 3. The van der Waals surface area contributed by atoms with Crippen LogP contribution in [0, 0.1) is 5.92 Å². The van der Waals surface area contributed by atoms with Gasteiger partial charge in [-0.3, -0.25) is 5.32 Å². The first kappa shape index (κ1) is 13.4. The van der Waals surface area contributed by atoms with Crippen molar-refractivity contribution in [1.29, 1.82) is 0 Å². The number of fused-ring (bicyclic) bond motifs is 2. The van der Waals surface area contributed by atoms with Crippen LogP contribution in [-0.2, 0) is 0 Å². The molecular weight excluding hydrogens is 245 g/mol. The van der Waals surface area contributed by atoms with E-state index < -0.39 is 0 Å². The van der Waals surface area contributed by atoms with Gasteiger partial charge in [0.1, 0.15) is 0 Å². The van der Waals surface area contributed by atoms with Crippen LogP contribution in [0.5, 0.6) is 0 Å². The van der Waals surface area contributed by atoms with E-state index >= 15 is 0 Å². The third kappa shape index (κ3) is 2.37. The van der Waals surface area contributed by atoms with Crippen LogP contribution in [0.4, 0.5) is 0 Å². The molecule has 1 aliphatic carbocycles. The van der Waals surface area contributed by atoms with Crippen molar-refractivity contribution in [1.82, 2.24) is 16.0 Å². The summed E-state index contributed by atoms with van der Waals surface area (Å²) in [7, 11) is 0. The molecule has 3 rings (SSSR count). The molecule has 1 fully saturated rings. The molecule has 16 heavy (non-hydrogen) atoms. The van der Waals surface area contributed by atoms with Gasteiger partial charge in [0.15, 0.2) is 0 Å². The van der Waals surface area contributed by atoms with Crippen LogP contribution in [0.3, 0.4) is 0 Å². The number of allylic oxidation sites excluding steroid dienone is 2. The molecule has 2 heterocycles. The number of dihydropyridines is 1. The molecule has 0 aromatic carbocycles. The molecule has 1 saturated heterocycles. The lowest BCUT2D eigenvalue weighted by molar-refractivity contribution is 0.375. The Bertz CT molecular complexity index is 336. The second kappa shape index (κ2) is 5.62. The van der Waals surface area contributed by atoms with Gasteiger partial charge in [0.2, 0.25) is 0 Å². The molecule has 0 aromatic heterocycles. The Morgan fingerprint density at radius 1 is 1.25 bits per heavy atom. The fraction of sp³-hybridized carbons (Fsp3) is 0.455. The molecule has 3 nitrogen and oxygen atoms in total. The van der Waals surface area contributed by atoms with Crippen molar-refractivity contribution in [3.8, 4) is 0 Å². The normalized spacial score (nSPS) is 30.0. The van der Waals surface area contributed by atoms with Crippen LogP contribution < -0.4 is 16.0 Å². The quantitative estimate of drug-likeness (QED) is 0.616. The Hall–Kier alpha value is -0.640. The van der Waals surface area contributed by atoms with Crippen LogP contribution in [0.2, 0.25) is 0 Å². The lowest BCUT2D eigenvalue weighted by atomic mass is 9.83. The van der Waals surface area contributed by atoms with Crippen molar-refractivity contribution >= 4 is 24.8 Å². The van der Waals surface area contributed by atoms with E-state index in [4.69, 9.17) is 0 Å². The molecule has 0 radical (unpaired) electrons. The summed E-state index contributed by atoms with van der Waals surface area (Å²) in [6, 6.07) is 0.524. The second-order valence-corrected chi connectivity index (χ2v) is 4.09. The highest BCUT2D eigenvalue weighted by molar-refractivity contribution is 5.85. The summed E-state index contributed by atoms with van der Waals surface area (Å²) in [5.74, 6) is 0.657. The minimum atomic E-state index is 0.